The van der Waals surface area contributed by atoms with Crippen LogP contribution in [0.4, 0.5) is 5.69 Å². The van der Waals surface area contributed by atoms with Gasteiger partial charge in [-0.1, -0.05) is 11.6 Å². The molecule has 104 valence electrons. The molecule has 2 rings (SSSR count). The van der Waals surface area contributed by atoms with Crippen LogP contribution >= 0.6 is 11.6 Å². The number of aliphatic hydroxyl groups is 1. The zero-order valence-electron chi connectivity index (χ0n) is 10.9. The monoisotopic (exact) mass is 283 g/mol. The zero-order chi connectivity index (χ0) is 13.9. The molecule has 0 aliphatic carbocycles. The number of aromatic nitrogens is 1. The van der Waals surface area contributed by atoms with E-state index < -0.39 is 5.60 Å². The van der Waals surface area contributed by atoms with Gasteiger partial charge in [0.05, 0.1) is 17.8 Å². The minimum absolute atomic E-state index is 0.114. The number of carbonyl (C=O) groups excluding carboxylic acids is 1. The molecule has 5 nitrogen and oxygen atoms in total. The highest BCUT2D eigenvalue weighted by molar-refractivity contribution is 6.32. The SMILES string of the molecule is CC1(O)CCN(CC(=O)Nc2cccnc2Cl)CC1. The maximum Gasteiger partial charge on any atom is 0.238 e. The first-order valence-corrected chi connectivity index (χ1v) is 6.69. The minimum atomic E-state index is -0.598. The van der Waals surface area contributed by atoms with Crippen LogP contribution in [-0.4, -0.2) is 46.1 Å². The van der Waals surface area contributed by atoms with E-state index in [1.54, 1.807) is 18.3 Å². The number of pyridine rings is 1. The van der Waals surface area contributed by atoms with Gasteiger partial charge in [0.2, 0.25) is 5.91 Å². The van der Waals surface area contributed by atoms with Crippen molar-refractivity contribution in [3.8, 4) is 0 Å². The molecule has 1 aliphatic rings. The summed E-state index contributed by atoms with van der Waals surface area (Å²) in [6.07, 6.45) is 2.95. The number of hydrogen-bond acceptors (Lipinski definition) is 4. The molecule has 0 saturated carbocycles. The van der Waals surface area contributed by atoms with Gasteiger partial charge in [-0.05, 0) is 31.9 Å². The lowest BCUT2D eigenvalue weighted by Crippen LogP contribution is -2.45. The van der Waals surface area contributed by atoms with Gasteiger partial charge in [-0.25, -0.2) is 4.98 Å². The van der Waals surface area contributed by atoms with Crippen molar-refractivity contribution < 1.29 is 9.90 Å². The van der Waals surface area contributed by atoms with Gasteiger partial charge < -0.3 is 10.4 Å². The van der Waals surface area contributed by atoms with Gasteiger partial charge in [0.25, 0.3) is 0 Å². The Bertz CT molecular complexity index is 455. The van der Waals surface area contributed by atoms with E-state index in [2.05, 4.69) is 10.3 Å². The number of piperidine rings is 1. The second kappa shape index (κ2) is 5.86. The average molecular weight is 284 g/mol. The Kier molecular flexibility index (Phi) is 4.39. The largest absolute Gasteiger partial charge is 0.390 e. The van der Waals surface area contributed by atoms with E-state index in [1.165, 1.54) is 0 Å². The lowest BCUT2D eigenvalue weighted by atomic mass is 9.94. The molecule has 0 unspecified atom stereocenters. The third kappa shape index (κ3) is 4.16. The summed E-state index contributed by atoms with van der Waals surface area (Å²) < 4.78 is 0. The number of nitrogens with zero attached hydrogens (tertiary/aromatic N) is 2. The van der Waals surface area contributed by atoms with Crippen molar-refractivity contribution in [2.45, 2.75) is 25.4 Å². The fourth-order valence-electron chi connectivity index (χ4n) is 2.06. The molecule has 0 atom stereocenters. The molecule has 0 radical (unpaired) electrons. The molecule has 0 bridgehead atoms. The molecular formula is C13H18ClN3O2. The third-order valence-electron chi connectivity index (χ3n) is 3.33. The predicted molar refractivity (Wildman–Crippen MR) is 74.2 cm³/mol. The average Bonchev–Trinajstić information content (AvgIpc) is 2.35. The topological polar surface area (TPSA) is 65.5 Å². The van der Waals surface area contributed by atoms with Crippen molar-refractivity contribution in [1.82, 2.24) is 9.88 Å². The van der Waals surface area contributed by atoms with Crippen LogP contribution < -0.4 is 5.32 Å². The lowest BCUT2D eigenvalue weighted by molar-refractivity contribution is -0.118. The Morgan fingerprint density at radius 3 is 2.89 bits per heavy atom. The predicted octanol–water partition coefficient (Wildman–Crippen LogP) is 1.52. The third-order valence-corrected chi connectivity index (χ3v) is 3.63. The van der Waals surface area contributed by atoms with Crippen LogP contribution in [0.1, 0.15) is 19.8 Å². The molecule has 1 fully saturated rings. The number of anilines is 1. The van der Waals surface area contributed by atoms with Gasteiger partial charge >= 0.3 is 0 Å². The van der Waals surface area contributed by atoms with Gasteiger partial charge in [0.1, 0.15) is 0 Å². The summed E-state index contributed by atoms with van der Waals surface area (Å²) in [5, 5.41) is 12.9. The van der Waals surface area contributed by atoms with Crippen LogP contribution in [0.25, 0.3) is 0 Å². The quantitative estimate of drug-likeness (QED) is 0.826. The number of hydrogen-bond donors (Lipinski definition) is 2. The Morgan fingerprint density at radius 2 is 2.26 bits per heavy atom. The second-order valence-electron chi connectivity index (χ2n) is 5.16. The number of carbonyl (C=O) groups is 1. The molecule has 1 saturated heterocycles. The maximum atomic E-state index is 11.9. The first-order chi connectivity index (χ1) is 8.96. The summed E-state index contributed by atoms with van der Waals surface area (Å²) in [5.74, 6) is -0.114. The Hall–Kier alpha value is -1.17. The fraction of sp³-hybridized carbons (Fsp3) is 0.538. The summed E-state index contributed by atoms with van der Waals surface area (Å²) in [6, 6.07) is 3.44. The van der Waals surface area contributed by atoms with Crippen molar-refractivity contribution in [2.75, 3.05) is 25.0 Å². The molecule has 1 amide bonds. The van der Waals surface area contributed by atoms with E-state index in [0.717, 1.165) is 13.1 Å². The molecule has 1 aliphatic heterocycles. The van der Waals surface area contributed by atoms with Crippen molar-refractivity contribution in [2.24, 2.45) is 0 Å². The van der Waals surface area contributed by atoms with E-state index in [0.29, 0.717) is 25.1 Å². The molecular weight excluding hydrogens is 266 g/mol. The Balaban J connectivity index is 1.84. The number of nitrogens with one attached hydrogen (secondary N) is 1. The van der Waals surface area contributed by atoms with E-state index in [9.17, 15) is 9.90 Å². The number of halogens is 1. The van der Waals surface area contributed by atoms with Crippen molar-refractivity contribution in [1.29, 1.82) is 0 Å². The van der Waals surface area contributed by atoms with E-state index in [-0.39, 0.29) is 11.1 Å². The van der Waals surface area contributed by atoms with Crippen molar-refractivity contribution >= 4 is 23.2 Å². The summed E-state index contributed by atoms with van der Waals surface area (Å²) in [4.78, 5) is 17.8. The zero-order valence-corrected chi connectivity index (χ0v) is 11.7. The molecule has 1 aromatic rings. The standard InChI is InChI=1S/C13H18ClN3O2/c1-13(19)4-7-17(8-5-13)9-11(18)16-10-3-2-6-15-12(10)14/h2-3,6,19H,4-5,7-9H2,1H3,(H,16,18). The van der Waals surface area contributed by atoms with Crippen molar-refractivity contribution in [3.05, 3.63) is 23.5 Å². The van der Waals surface area contributed by atoms with Crippen LogP contribution in [-0.2, 0) is 4.79 Å². The van der Waals surface area contributed by atoms with Crippen molar-refractivity contribution in [3.63, 3.8) is 0 Å². The second-order valence-corrected chi connectivity index (χ2v) is 5.52. The van der Waals surface area contributed by atoms with Gasteiger partial charge in [0.15, 0.2) is 5.15 Å². The minimum Gasteiger partial charge on any atom is -0.390 e. The number of amides is 1. The molecule has 1 aromatic heterocycles. The van der Waals surface area contributed by atoms with Gasteiger partial charge in [0, 0.05) is 19.3 Å². The maximum absolute atomic E-state index is 11.9. The highest BCUT2D eigenvalue weighted by Gasteiger charge is 2.28. The molecule has 19 heavy (non-hydrogen) atoms. The smallest absolute Gasteiger partial charge is 0.238 e. The number of rotatable bonds is 3. The van der Waals surface area contributed by atoms with E-state index >= 15 is 0 Å². The van der Waals surface area contributed by atoms with Crippen LogP contribution in [0.15, 0.2) is 18.3 Å². The highest BCUT2D eigenvalue weighted by Crippen LogP contribution is 2.21. The summed E-state index contributed by atoms with van der Waals surface area (Å²) in [7, 11) is 0. The lowest BCUT2D eigenvalue weighted by Gasteiger charge is -2.35. The first kappa shape index (κ1) is 14.2. The van der Waals surface area contributed by atoms with Gasteiger partial charge in [-0.3, -0.25) is 9.69 Å². The Labute approximate surface area is 117 Å². The highest BCUT2D eigenvalue weighted by atomic mass is 35.5. The summed E-state index contributed by atoms with van der Waals surface area (Å²) in [6.45, 7) is 3.59. The van der Waals surface area contributed by atoms with Crippen LogP contribution in [0, 0.1) is 0 Å². The molecule has 0 aromatic carbocycles. The molecule has 2 heterocycles. The van der Waals surface area contributed by atoms with Gasteiger partial charge in [-0.2, -0.15) is 0 Å². The van der Waals surface area contributed by atoms with E-state index in [4.69, 9.17) is 11.6 Å². The molecule has 0 spiro atoms. The summed E-state index contributed by atoms with van der Waals surface area (Å²) in [5.41, 5.74) is -0.0715. The van der Waals surface area contributed by atoms with Crippen LogP contribution in [0.5, 0.6) is 0 Å². The molecule has 6 heteroatoms. The Morgan fingerprint density at radius 1 is 1.58 bits per heavy atom. The normalized spacial score (nSPS) is 19.1. The molecule has 2 N–H and O–H groups in total. The fourth-order valence-corrected chi connectivity index (χ4v) is 2.23. The van der Waals surface area contributed by atoms with Gasteiger partial charge in [-0.15, -0.1) is 0 Å². The van der Waals surface area contributed by atoms with Crippen LogP contribution in [0.3, 0.4) is 0 Å². The number of likely N-dealkylation sites (tertiary alicyclic amines) is 1. The first-order valence-electron chi connectivity index (χ1n) is 6.31. The van der Waals surface area contributed by atoms with E-state index in [1.807, 2.05) is 11.8 Å². The van der Waals surface area contributed by atoms with Crippen LogP contribution in [0.2, 0.25) is 5.15 Å². The summed E-state index contributed by atoms with van der Waals surface area (Å²) >= 11 is 5.88.